The number of benzene rings is 2. The van der Waals surface area contributed by atoms with Gasteiger partial charge in [0.1, 0.15) is 0 Å². The van der Waals surface area contributed by atoms with E-state index in [0.29, 0.717) is 5.92 Å². The summed E-state index contributed by atoms with van der Waals surface area (Å²) in [7, 11) is 0. The van der Waals surface area contributed by atoms with Crippen molar-refractivity contribution in [1.82, 2.24) is 0 Å². The molecule has 6 rings (SSSR count). The van der Waals surface area contributed by atoms with E-state index in [1.807, 2.05) is 6.92 Å². The van der Waals surface area contributed by atoms with Gasteiger partial charge in [-0.1, -0.05) is 48.0 Å². The molecule has 0 N–H and O–H groups in total. The molecule has 3 heterocycles. The van der Waals surface area contributed by atoms with E-state index in [4.69, 9.17) is 9.47 Å². The maximum Gasteiger partial charge on any atom is 0.205 e. The molecule has 30 heavy (non-hydrogen) atoms. The molecule has 1 fully saturated rings. The summed E-state index contributed by atoms with van der Waals surface area (Å²) in [6.07, 6.45) is 6.61. The molecule has 1 aliphatic carbocycles. The largest absolute Gasteiger partial charge is 0.469 e. The van der Waals surface area contributed by atoms with Crippen LogP contribution in [0.15, 0.2) is 54.3 Å². The minimum Gasteiger partial charge on any atom is -0.469 e. The summed E-state index contributed by atoms with van der Waals surface area (Å²) in [6, 6.07) is 13.8. The Balaban J connectivity index is 1.55. The number of fused-ring (bicyclic) bond motifs is 8. The molecule has 4 aliphatic rings. The van der Waals surface area contributed by atoms with Crippen LogP contribution in [-0.4, -0.2) is 17.9 Å². The van der Waals surface area contributed by atoms with Gasteiger partial charge >= 0.3 is 0 Å². The Morgan fingerprint density at radius 2 is 1.87 bits per heavy atom. The summed E-state index contributed by atoms with van der Waals surface area (Å²) in [5.41, 5.74) is 8.24. The number of hydrogen-bond acceptors (Lipinski definition) is 3. The molecule has 3 aliphatic heterocycles. The van der Waals surface area contributed by atoms with Crippen LogP contribution in [-0.2, 0) is 9.47 Å². The van der Waals surface area contributed by atoms with Gasteiger partial charge in [-0.3, -0.25) is 0 Å². The van der Waals surface area contributed by atoms with E-state index in [1.165, 1.54) is 33.5 Å². The summed E-state index contributed by atoms with van der Waals surface area (Å²) in [5, 5.41) is 0. The van der Waals surface area contributed by atoms with Gasteiger partial charge in [-0.05, 0) is 69.0 Å². The highest BCUT2D eigenvalue weighted by molar-refractivity contribution is 5.78. The van der Waals surface area contributed by atoms with Crippen LogP contribution in [0.4, 0.5) is 5.69 Å². The monoisotopic (exact) mass is 399 g/mol. The fourth-order valence-corrected chi connectivity index (χ4v) is 6.51. The van der Waals surface area contributed by atoms with Gasteiger partial charge in [0.2, 0.25) is 6.29 Å². The zero-order valence-electron chi connectivity index (χ0n) is 18.3. The van der Waals surface area contributed by atoms with Crippen molar-refractivity contribution in [2.24, 2.45) is 5.92 Å². The van der Waals surface area contributed by atoms with Gasteiger partial charge in [0.25, 0.3) is 0 Å². The van der Waals surface area contributed by atoms with Crippen molar-refractivity contribution >= 4 is 11.8 Å². The second kappa shape index (κ2) is 6.01. The van der Waals surface area contributed by atoms with Crippen molar-refractivity contribution in [2.75, 3.05) is 4.90 Å². The molecule has 6 unspecified atom stereocenters. The first-order valence-corrected chi connectivity index (χ1v) is 11.1. The van der Waals surface area contributed by atoms with Crippen LogP contribution in [0.5, 0.6) is 0 Å². The van der Waals surface area contributed by atoms with Crippen molar-refractivity contribution in [3.63, 3.8) is 0 Å². The fourth-order valence-electron chi connectivity index (χ4n) is 6.51. The van der Waals surface area contributed by atoms with Gasteiger partial charge < -0.3 is 14.4 Å². The summed E-state index contributed by atoms with van der Waals surface area (Å²) < 4.78 is 12.6. The maximum absolute atomic E-state index is 6.34. The molecule has 0 radical (unpaired) electrons. The number of anilines is 1. The molecule has 1 saturated carbocycles. The third-order valence-electron chi connectivity index (χ3n) is 7.61. The van der Waals surface area contributed by atoms with Crippen LogP contribution >= 0.6 is 0 Å². The standard InChI is InChI=1S/C27H29NO2/c1-15-12-16(2)23-20(13-15)24-25(26-29-17(3)14-18(4)30-26)27(24,5)28-21-9-7-6-8-19(21)10-11-22(23)28/h6-14,17,22,24-26H,1-5H3. The van der Waals surface area contributed by atoms with Gasteiger partial charge in [-0.2, -0.15) is 0 Å². The lowest BCUT2D eigenvalue weighted by molar-refractivity contribution is -0.164. The van der Waals surface area contributed by atoms with Crippen molar-refractivity contribution in [3.05, 3.63) is 82.1 Å². The van der Waals surface area contributed by atoms with Gasteiger partial charge in [-0.25, -0.2) is 0 Å². The molecule has 3 nitrogen and oxygen atoms in total. The molecule has 0 amide bonds. The lowest BCUT2D eigenvalue weighted by Crippen LogP contribution is -2.46. The van der Waals surface area contributed by atoms with Gasteiger partial charge in [0, 0.05) is 11.6 Å². The maximum atomic E-state index is 6.34. The van der Waals surface area contributed by atoms with E-state index < -0.39 is 0 Å². The molecular weight excluding hydrogens is 370 g/mol. The minimum atomic E-state index is -0.217. The number of para-hydroxylation sites is 1. The van der Waals surface area contributed by atoms with E-state index in [9.17, 15) is 0 Å². The zero-order valence-corrected chi connectivity index (χ0v) is 18.3. The van der Waals surface area contributed by atoms with Gasteiger partial charge in [-0.15, -0.1) is 0 Å². The topological polar surface area (TPSA) is 21.7 Å². The minimum absolute atomic E-state index is 0.0409. The second-order valence-corrected chi connectivity index (χ2v) is 9.65. The normalized spacial score (nSPS) is 35.4. The lowest BCUT2D eigenvalue weighted by Gasteiger charge is -2.46. The zero-order chi connectivity index (χ0) is 20.8. The second-order valence-electron chi connectivity index (χ2n) is 9.65. The number of rotatable bonds is 1. The third kappa shape index (κ3) is 2.30. The number of allylic oxidation sites excluding steroid dienone is 1. The molecule has 0 bridgehead atoms. The number of nitrogens with zero attached hydrogens (tertiary/aromatic N) is 1. The van der Waals surface area contributed by atoms with E-state index in [-0.39, 0.29) is 29.9 Å². The van der Waals surface area contributed by atoms with Crippen LogP contribution < -0.4 is 4.90 Å². The van der Waals surface area contributed by atoms with Crippen molar-refractivity contribution in [1.29, 1.82) is 0 Å². The van der Waals surface area contributed by atoms with E-state index in [2.05, 4.69) is 87.2 Å². The van der Waals surface area contributed by atoms with Crippen LogP contribution in [0, 0.1) is 19.8 Å². The Hall–Kier alpha value is -2.52. The number of ether oxygens (including phenoxy) is 2. The quantitative estimate of drug-likeness (QED) is 0.584. The van der Waals surface area contributed by atoms with E-state index >= 15 is 0 Å². The third-order valence-corrected chi connectivity index (χ3v) is 7.61. The van der Waals surface area contributed by atoms with Crippen LogP contribution in [0.1, 0.15) is 60.5 Å². The first kappa shape index (κ1) is 18.3. The first-order valence-electron chi connectivity index (χ1n) is 11.1. The molecular formula is C27H29NO2. The smallest absolute Gasteiger partial charge is 0.205 e. The number of hydrogen-bond donors (Lipinski definition) is 0. The Morgan fingerprint density at radius 1 is 1.07 bits per heavy atom. The average molecular weight is 400 g/mol. The summed E-state index contributed by atoms with van der Waals surface area (Å²) in [6.45, 7) is 11.0. The van der Waals surface area contributed by atoms with E-state index in [0.717, 1.165) is 5.76 Å². The highest BCUT2D eigenvalue weighted by Gasteiger charge is 2.73. The first-order chi connectivity index (χ1) is 14.4. The van der Waals surface area contributed by atoms with Crippen molar-refractivity contribution in [3.8, 4) is 0 Å². The molecule has 0 aromatic heterocycles. The Bertz CT molecular complexity index is 1120. The van der Waals surface area contributed by atoms with E-state index in [1.54, 1.807) is 0 Å². The molecule has 2 aromatic rings. The molecule has 2 aromatic carbocycles. The molecule has 154 valence electrons. The predicted molar refractivity (Wildman–Crippen MR) is 120 cm³/mol. The van der Waals surface area contributed by atoms with Crippen LogP contribution in [0.3, 0.4) is 0 Å². The van der Waals surface area contributed by atoms with Crippen LogP contribution in [0.25, 0.3) is 6.08 Å². The predicted octanol–water partition coefficient (Wildman–Crippen LogP) is 6.03. The molecule has 0 saturated heterocycles. The lowest BCUT2D eigenvalue weighted by atomic mass is 9.82. The highest BCUT2D eigenvalue weighted by atomic mass is 16.7. The van der Waals surface area contributed by atoms with Gasteiger partial charge in [0.15, 0.2) is 0 Å². The fraction of sp³-hybridized carbons (Fsp3) is 0.407. The highest BCUT2D eigenvalue weighted by Crippen LogP contribution is 2.70. The SMILES string of the molecule is CC1=CC(C)OC(C2C3c4cc(C)cc(C)c4C4C=Cc5ccccc5N4C32C)O1. The average Bonchev–Trinajstić information content (AvgIpc) is 3.33. The molecule has 0 spiro atoms. The summed E-state index contributed by atoms with van der Waals surface area (Å²) >= 11 is 0. The summed E-state index contributed by atoms with van der Waals surface area (Å²) in [5.74, 6) is 1.65. The molecule has 6 atom stereocenters. The van der Waals surface area contributed by atoms with Crippen molar-refractivity contribution in [2.45, 2.75) is 64.5 Å². The molecule has 3 heteroatoms. The van der Waals surface area contributed by atoms with Crippen molar-refractivity contribution < 1.29 is 9.47 Å². The van der Waals surface area contributed by atoms with Crippen LogP contribution in [0.2, 0.25) is 0 Å². The Labute approximate surface area is 179 Å². The summed E-state index contributed by atoms with van der Waals surface area (Å²) in [4.78, 5) is 2.66. The van der Waals surface area contributed by atoms with Gasteiger partial charge in [0.05, 0.1) is 29.4 Å². The number of aryl methyl sites for hydroxylation is 2. The Morgan fingerprint density at radius 3 is 2.67 bits per heavy atom. The Kier molecular flexibility index (Phi) is 3.66.